The van der Waals surface area contributed by atoms with Gasteiger partial charge in [-0.25, -0.2) is 0 Å². The Morgan fingerprint density at radius 2 is 2.05 bits per heavy atom. The van der Waals surface area contributed by atoms with Gasteiger partial charge < -0.3 is 5.32 Å². The Hall–Kier alpha value is -1.36. The fourth-order valence-corrected chi connectivity index (χ4v) is 2.99. The lowest BCUT2D eigenvalue weighted by Crippen LogP contribution is -2.40. The molecule has 21 heavy (non-hydrogen) atoms. The maximum atomic E-state index is 12.1. The molecule has 1 aromatic heterocycles. The number of nitrogens with one attached hydrogen (secondary N) is 1. The quantitative estimate of drug-likeness (QED) is 0.845. The van der Waals surface area contributed by atoms with Crippen molar-refractivity contribution in [3.05, 3.63) is 17.5 Å². The van der Waals surface area contributed by atoms with Gasteiger partial charge in [-0.1, -0.05) is 25.7 Å². The molecule has 1 fully saturated rings. The number of aromatic nitrogens is 2. The molecule has 1 saturated carbocycles. The van der Waals surface area contributed by atoms with E-state index in [1.807, 2.05) is 25.0 Å². The summed E-state index contributed by atoms with van der Waals surface area (Å²) >= 11 is 0. The molecule has 0 atom stereocenters. The molecule has 1 heterocycles. The molecular weight excluding hydrogens is 264 g/mol. The second kappa shape index (κ2) is 7.59. The zero-order chi connectivity index (χ0) is 15.2. The fraction of sp³-hybridized carbons (Fsp3) is 0.750. The van der Waals surface area contributed by atoms with E-state index >= 15 is 0 Å². The number of aryl methyl sites for hydroxylation is 1. The van der Waals surface area contributed by atoms with Gasteiger partial charge in [0, 0.05) is 30.9 Å². The molecule has 1 N–H and O–H groups in total. The summed E-state index contributed by atoms with van der Waals surface area (Å²) in [7, 11) is 3.93. The first-order valence-electron chi connectivity index (χ1n) is 8.01. The third kappa shape index (κ3) is 4.84. The van der Waals surface area contributed by atoms with Crippen LogP contribution in [0, 0.1) is 6.92 Å². The average molecular weight is 292 g/mol. The van der Waals surface area contributed by atoms with Crippen molar-refractivity contribution in [2.45, 2.75) is 58.0 Å². The van der Waals surface area contributed by atoms with Crippen molar-refractivity contribution in [2.24, 2.45) is 7.05 Å². The van der Waals surface area contributed by atoms with E-state index in [1.165, 1.54) is 31.2 Å². The van der Waals surface area contributed by atoms with Crippen LogP contribution in [0.25, 0.3) is 0 Å². The summed E-state index contributed by atoms with van der Waals surface area (Å²) in [6.07, 6.45) is 9.27. The molecule has 0 aromatic carbocycles. The van der Waals surface area contributed by atoms with E-state index in [2.05, 4.69) is 22.2 Å². The zero-order valence-electron chi connectivity index (χ0n) is 13.6. The standard InChI is InChI=1S/C16H28N4O/c1-13-14(10-17-20(13)3)11-19(2)12-16(21)18-15-8-6-4-5-7-9-15/h10,15H,4-9,11-12H2,1-3H3,(H,18,21). The van der Waals surface area contributed by atoms with E-state index in [0.29, 0.717) is 12.6 Å². The van der Waals surface area contributed by atoms with E-state index in [0.717, 1.165) is 25.1 Å². The van der Waals surface area contributed by atoms with Crippen LogP contribution in [0.4, 0.5) is 0 Å². The van der Waals surface area contributed by atoms with Gasteiger partial charge in [-0.3, -0.25) is 14.4 Å². The number of hydrogen-bond donors (Lipinski definition) is 1. The first-order chi connectivity index (χ1) is 10.1. The summed E-state index contributed by atoms with van der Waals surface area (Å²) in [6, 6.07) is 0.383. The van der Waals surface area contributed by atoms with Crippen molar-refractivity contribution in [1.29, 1.82) is 0 Å². The van der Waals surface area contributed by atoms with Crippen molar-refractivity contribution in [1.82, 2.24) is 20.0 Å². The van der Waals surface area contributed by atoms with E-state index in [1.54, 1.807) is 0 Å². The number of carbonyl (C=O) groups is 1. The number of likely N-dealkylation sites (N-methyl/N-ethyl adjacent to an activating group) is 1. The molecule has 2 rings (SSSR count). The predicted molar refractivity (Wildman–Crippen MR) is 83.9 cm³/mol. The van der Waals surface area contributed by atoms with Gasteiger partial charge in [0.25, 0.3) is 0 Å². The van der Waals surface area contributed by atoms with Crippen LogP contribution >= 0.6 is 0 Å². The topological polar surface area (TPSA) is 50.2 Å². The van der Waals surface area contributed by atoms with Crippen LogP contribution in [0.5, 0.6) is 0 Å². The Balaban J connectivity index is 1.77. The van der Waals surface area contributed by atoms with Gasteiger partial charge in [0.15, 0.2) is 0 Å². The number of nitrogens with zero attached hydrogens (tertiary/aromatic N) is 3. The predicted octanol–water partition coefficient (Wildman–Crippen LogP) is 2.00. The second-order valence-electron chi connectivity index (χ2n) is 6.31. The lowest BCUT2D eigenvalue weighted by Gasteiger charge is -2.20. The minimum atomic E-state index is 0.144. The Morgan fingerprint density at radius 3 is 2.62 bits per heavy atom. The molecule has 5 nitrogen and oxygen atoms in total. The minimum absolute atomic E-state index is 0.144. The molecule has 1 amide bonds. The molecule has 1 aliphatic rings. The molecule has 0 unspecified atom stereocenters. The SMILES string of the molecule is Cc1c(CN(C)CC(=O)NC2CCCCCC2)cnn1C. The van der Waals surface area contributed by atoms with Crippen LogP contribution in [-0.2, 0) is 18.4 Å². The average Bonchev–Trinajstić information content (AvgIpc) is 2.66. The molecule has 118 valence electrons. The van der Waals surface area contributed by atoms with Crippen molar-refractivity contribution < 1.29 is 4.79 Å². The molecule has 0 bridgehead atoms. The molecule has 0 saturated heterocycles. The van der Waals surface area contributed by atoms with Crippen molar-refractivity contribution >= 4 is 5.91 Å². The summed E-state index contributed by atoms with van der Waals surface area (Å²) in [5, 5.41) is 7.44. The van der Waals surface area contributed by atoms with Crippen LogP contribution in [-0.4, -0.2) is 40.2 Å². The lowest BCUT2D eigenvalue weighted by molar-refractivity contribution is -0.122. The molecule has 0 spiro atoms. The highest BCUT2D eigenvalue weighted by atomic mass is 16.2. The fourth-order valence-electron chi connectivity index (χ4n) is 2.99. The summed E-state index contributed by atoms with van der Waals surface area (Å²) < 4.78 is 1.87. The Bertz CT molecular complexity index is 461. The van der Waals surface area contributed by atoms with Crippen molar-refractivity contribution in [3.63, 3.8) is 0 Å². The van der Waals surface area contributed by atoms with E-state index < -0.39 is 0 Å². The van der Waals surface area contributed by atoms with Gasteiger partial charge in [0.05, 0.1) is 12.7 Å². The number of rotatable bonds is 5. The Morgan fingerprint density at radius 1 is 1.38 bits per heavy atom. The van der Waals surface area contributed by atoms with Gasteiger partial charge >= 0.3 is 0 Å². The van der Waals surface area contributed by atoms with Crippen LogP contribution in [0.1, 0.15) is 49.8 Å². The normalized spacial score (nSPS) is 17.0. The zero-order valence-corrected chi connectivity index (χ0v) is 13.6. The monoisotopic (exact) mass is 292 g/mol. The maximum Gasteiger partial charge on any atom is 0.234 e. The van der Waals surface area contributed by atoms with Crippen molar-refractivity contribution in [3.8, 4) is 0 Å². The molecule has 1 aliphatic carbocycles. The van der Waals surface area contributed by atoms with Gasteiger partial charge in [-0.05, 0) is 26.8 Å². The van der Waals surface area contributed by atoms with Crippen molar-refractivity contribution in [2.75, 3.05) is 13.6 Å². The van der Waals surface area contributed by atoms with Gasteiger partial charge in [0.2, 0.25) is 5.91 Å². The summed E-state index contributed by atoms with van der Waals surface area (Å²) in [5.74, 6) is 0.144. The largest absolute Gasteiger partial charge is 0.352 e. The smallest absolute Gasteiger partial charge is 0.234 e. The van der Waals surface area contributed by atoms with Crippen LogP contribution in [0.3, 0.4) is 0 Å². The highest BCUT2D eigenvalue weighted by Crippen LogP contribution is 2.17. The first kappa shape index (κ1) is 16.0. The van der Waals surface area contributed by atoms with Crippen LogP contribution in [0.15, 0.2) is 6.20 Å². The molecule has 0 aliphatic heterocycles. The number of carbonyl (C=O) groups excluding carboxylic acids is 1. The van der Waals surface area contributed by atoms with E-state index in [9.17, 15) is 4.79 Å². The Kier molecular flexibility index (Phi) is 5.79. The highest BCUT2D eigenvalue weighted by Gasteiger charge is 2.16. The summed E-state index contributed by atoms with van der Waals surface area (Å²) in [4.78, 5) is 14.2. The Labute approximate surface area is 127 Å². The lowest BCUT2D eigenvalue weighted by atomic mass is 10.1. The molecule has 1 aromatic rings. The summed E-state index contributed by atoms with van der Waals surface area (Å²) in [5.41, 5.74) is 2.34. The van der Waals surface area contributed by atoms with Gasteiger partial charge in [-0.15, -0.1) is 0 Å². The minimum Gasteiger partial charge on any atom is -0.352 e. The third-order valence-corrected chi connectivity index (χ3v) is 4.41. The van der Waals surface area contributed by atoms with Crippen LogP contribution < -0.4 is 5.32 Å². The third-order valence-electron chi connectivity index (χ3n) is 4.41. The number of hydrogen-bond acceptors (Lipinski definition) is 3. The van der Waals surface area contributed by atoms with Gasteiger partial charge in [0.1, 0.15) is 0 Å². The van der Waals surface area contributed by atoms with E-state index in [4.69, 9.17) is 0 Å². The summed E-state index contributed by atoms with van der Waals surface area (Å²) in [6.45, 7) is 3.27. The highest BCUT2D eigenvalue weighted by molar-refractivity contribution is 5.78. The second-order valence-corrected chi connectivity index (χ2v) is 6.31. The molecular formula is C16H28N4O. The van der Waals surface area contributed by atoms with E-state index in [-0.39, 0.29) is 5.91 Å². The molecule has 0 radical (unpaired) electrons. The van der Waals surface area contributed by atoms with Crippen LogP contribution in [0.2, 0.25) is 0 Å². The first-order valence-corrected chi connectivity index (χ1v) is 8.01. The van der Waals surface area contributed by atoms with Gasteiger partial charge in [-0.2, -0.15) is 5.10 Å². The molecule has 5 heteroatoms. The maximum absolute atomic E-state index is 12.1. The number of amides is 1.